The summed E-state index contributed by atoms with van der Waals surface area (Å²) < 4.78 is 5.91. The number of nitrogens with one attached hydrogen (secondary N) is 1. The first kappa shape index (κ1) is 20.1. The van der Waals surface area contributed by atoms with Crippen LogP contribution in [0.4, 0.5) is 23.1 Å². The van der Waals surface area contributed by atoms with Gasteiger partial charge in [0.2, 0.25) is 5.95 Å². The minimum absolute atomic E-state index is 0.113. The molecule has 0 bridgehead atoms. The highest BCUT2D eigenvalue weighted by Crippen LogP contribution is 2.43. The van der Waals surface area contributed by atoms with Gasteiger partial charge in [0.05, 0.1) is 37.6 Å². The highest BCUT2D eigenvalue weighted by Gasteiger charge is 2.53. The fourth-order valence-corrected chi connectivity index (χ4v) is 4.69. The fourth-order valence-electron chi connectivity index (χ4n) is 4.69. The Hall–Kier alpha value is -3.20. The first-order valence-corrected chi connectivity index (χ1v) is 10.1. The summed E-state index contributed by atoms with van der Waals surface area (Å²) in [6.07, 6.45) is 4.55. The Morgan fingerprint density at radius 3 is 2.73 bits per heavy atom. The third-order valence-corrected chi connectivity index (χ3v) is 6.19. The number of amides is 1. The number of fused-ring (bicyclic) bond motifs is 2. The van der Waals surface area contributed by atoms with Gasteiger partial charge in [-0.25, -0.2) is 9.78 Å². The number of methoxy groups -OCH3 is 1. The smallest absolute Gasteiger partial charge is 0.335 e. The van der Waals surface area contributed by atoms with Crippen LogP contribution in [0.2, 0.25) is 0 Å². The van der Waals surface area contributed by atoms with E-state index >= 15 is 0 Å². The number of carbonyl (C=O) groups excluding carboxylic acids is 1. The van der Waals surface area contributed by atoms with Gasteiger partial charge in [-0.1, -0.05) is 6.92 Å². The van der Waals surface area contributed by atoms with Crippen LogP contribution in [-0.2, 0) is 4.79 Å². The van der Waals surface area contributed by atoms with Crippen molar-refractivity contribution in [3.8, 4) is 5.75 Å². The number of aromatic nitrogens is 2. The summed E-state index contributed by atoms with van der Waals surface area (Å²) in [5.41, 5.74) is 1.45. The normalized spacial score (nSPS) is 19.6. The van der Waals surface area contributed by atoms with Gasteiger partial charge in [0.25, 0.3) is 11.7 Å². The lowest BCUT2D eigenvalue weighted by Crippen LogP contribution is -2.64. The SMILES string of the molecule is CC[C@@H]1C(=O)N(C)c2cnc(Nc3ccc(C(=O)O)cc3OC)nc2[N+]12CCCC2. The number of carboxylic acids is 1. The largest absolute Gasteiger partial charge is 0.495 e. The number of aromatic carboxylic acids is 1. The van der Waals surface area contributed by atoms with Crippen LogP contribution in [0.5, 0.6) is 5.75 Å². The van der Waals surface area contributed by atoms with E-state index in [9.17, 15) is 14.7 Å². The average molecular weight is 412 g/mol. The molecule has 4 rings (SSSR count). The second-order valence-corrected chi connectivity index (χ2v) is 7.76. The predicted octanol–water partition coefficient (Wildman–Crippen LogP) is 2.78. The molecule has 1 fully saturated rings. The van der Waals surface area contributed by atoms with E-state index in [-0.39, 0.29) is 17.5 Å². The van der Waals surface area contributed by atoms with Crippen molar-refractivity contribution in [3.63, 3.8) is 0 Å². The lowest BCUT2D eigenvalue weighted by Gasteiger charge is -2.45. The van der Waals surface area contributed by atoms with Crippen molar-refractivity contribution >= 4 is 35.0 Å². The number of ether oxygens (including phenoxy) is 1. The Morgan fingerprint density at radius 2 is 2.10 bits per heavy atom. The molecule has 158 valence electrons. The number of rotatable bonds is 5. The van der Waals surface area contributed by atoms with Gasteiger partial charge < -0.3 is 20.1 Å². The summed E-state index contributed by atoms with van der Waals surface area (Å²) in [5.74, 6) is 0.725. The molecule has 1 aromatic heterocycles. The summed E-state index contributed by atoms with van der Waals surface area (Å²) in [4.78, 5) is 35.1. The molecule has 30 heavy (non-hydrogen) atoms. The van der Waals surface area contributed by atoms with Crippen LogP contribution in [0.3, 0.4) is 0 Å². The zero-order valence-electron chi connectivity index (χ0n) is 17.4. The maximum absolute atomic E-state index is 13.0. The molecule has 1 amide bonds. The highest BCUT2D eigenvalue weighted by atomic mass is 16.5. The summed E-state index contributed by atoms with van der Waals surface area (Å²) in [7, 11) is 3.26. The minimum atomic E-state index is -1.02. The molecule has 0 radical (unpaired) electrons. The van der Waals surface area contributed by atoms with Crippen molar-refractivity contribution in [2.45, 2.75) is 32.2 Å². The van der Waals surface area contributed by atoms with Crippen molar-refractivity contribution in [3.05, 3.63) is 30.0 Å². The van der Waals surface area contributed by atoms with Gasteiger partial charge >= 0.3 is 5.97 Å². The zero-order valence-corrected chi connectivity index (χ0v) is 17.4. The third kappa shape index (κ3) is 3.06. The lowest BCUT2D eigenvalue weighted by molar-refractivity contribution is -0.123. The van der Waals surface area contributed by atoms with Crippen LogP contribution in [0.15, 0.2) is 24.4 Å². The number of anilines is 3. The van der Waals surface area contributed by atoms with Crippen molar-refractivity contribution in [2.75, 3.05) is 37.5 Å². The maximum Gasteiger partial charge on any atom is 0.335 e. The standard InChI is InChI=1S/C21H25N5O4/c1-4-16-19(27)25(2)15-12-22-21(24-18(15)26(16)9-5-6-10-26)23-14-8-7-13(20(28)29)11-17(14)30-3/h7-8,11-12,16H,4-6,9-10H2,1-3H3,(H-,22,23,24,28,29)/p+1/t16-/m1/s1. The number of likely N-dealkylation sites (N-methyl/N-ethyl adjacent to an activating group) is 1. The van der Waals surface area contributed by atoms with Crippen molar-refractivity contribution in [1.82, 2.24) is 14.5 Å². The van der Waals surface area contributed by atoms with Gasteiger partial charge in [0.1, 0.15) is 11.4 Å². The van der Waals surface area contributed by atoms with Gasteiger partial charge in [0.15, 0.2) is 6.04 Å². The van der Waals surface area contributed by atoms with Crippen molar-refractivity contribution in [2.24, 2.45) is 0 Å². The molecule has 9 nitrogen and oxygen atoms in total. The number of benzene rings is 1. The molecular weight excluding hydrogens is 386 g/mol. The number of carboxylic acid groups (broad SMARTS) is 1. The molecule has 2 N–H and O–H groups in total. The number of hydrogen-bond donors (Lipinski definition) is 2. The quantitative estimate of drug-likeness (QED) is 0.728. The first-order valence-electron chi connectivity index (χ1n) is 10.1. The monoisotopic (exact) mass is 412 g/mol. The highest BCUT2D eigenvalue weighted by molar-refractivity contribution is 6.03. The van der Waals surface area contributed by atoms with Crippen LogP contribution in [0.25, 0.3) is 0 Å². The van der Waals surface area contributed by atoms with E-state index in [1.54, 1.807) is 24.2 Å². The molecule has 1 spiro atoms. The van der Waals surface area contributed by atoms with E-state index in [4.69, 9.17) is 9.72 Å². The molecule has 2 aliphatic rings. The number of quaternary nitrogens is 1. The second-order valence-electron chi connectivity index (χ2n) is 7.76. The number of nitrogens with zero attached hydrogens (tertiary/aromatic N) is 4. The second kappa shape index (κ2) is 7.56. The van der Waals surface area contributed by atoms with Gasteiger partial charge in [0, 0.05) is 26.3 Å². The van der Waals surface area contributed by atoms with Crippen LogP contribution in [0, 0.1) is 0 Å². The molecule has 2 aromatic rings. The van der Waals surface area contributed by atoms with E-state index in [0.29, 0.717) is 21.9 Å². The topological polar surface area (TPSA) is 105 Å². The van der Waals surface area contributed by atoms with Crippen LogP contribution in [-0.4, -0.2) is 60.2 Å². The molecule has 0 saturated carbocycles. The molecule has 1 atom stereocenters. The summed E-state index contributed by atoms with van der Waals surface area (Å²) >= 11 is 0. The van der Waals surface area contributed by atoms with E-state index < -0.39 is 5.97 Å². The van der Waals surface area contributed by atoms with Gasteiger partial charge in [-0.2, -0.15) is 4.98 Å². The minimum Gasteiger partial charge on any atom is -0.495 e. The maximum atomic E-state index is 13.0. The lowest BCUT2D eigenvalue weighted by atomic mass is 10.0. The van der Waals surface area contributed by atoms with E-state index in [1.165, 1.54) is 19.2 Å². The molecule has 9 heteroatoms. The number of hydrogen-bond acceptors (Lipinski definition) is 6. The molecule has 2 aliphatic heterocycles. The van der Waals surface area contributed by atoms with E-state index in [1.807, 2.05) is 0 Å². The fraction of sp³-hybridized carbons (Fsp3) is 0.429. The van der Waals surface area contributed by atoms with Crippen LogP contribution < -0.4 is 19.4 Å². The Balaban J connectivity index is 1.76. The average Bonchev–Trinajstić information content (AvgIpc) is 3.23. The molecular formula is C21H26N5O4+. The molecule has 1 saturated heterocycles. The van der Waals surface area contributed by atoms with Crippen LogP contribution in [0.1, 0.15) is 36.5 Å². The Labute approximate surface area is 174 Å². The van der Waals surface area contributed by atoms with Gasteiger partial charge in [-0.15, -0.1) is 0 Å². The Kier molecular flexibility index (Phi) is 5.07. The third-order valence-electron chi connectivity index (χ3n) is 6.19. The van der Waals surface area contributed by atoms with Crippen molar-refractivity contribution in [1.29, 1.82) is 0 Å². The van der Waals surface area contributed by atoms with E-state index in [0.717, 1.165) is 43.9 Å². The van der Waals surface area contributed by atoms with Crippen molar-refractivity contribution < 1.29 is 19.4 Å². The molecule has 3 heterocycles. The van der Waals surface area contributed by atoms with Crippen LogP contribution >= 0.6 is 0 Å². The Morgan fingerprint density at radius 1 is 1.37 bits per heavy atom. The van der Waals surface area contributed by atoms with Gasteiger partial charge in [-0.05, 0) is 18.2 Å². The first-order chi connectivity index (χ1) is 14.4. The van der Waals surface area contributed by atoms with Gasteiger partial charge in [-0.3, -0.25) is 9.28 Å². The number of carbonyl (C=O) groups is 2. The zero-order chi connectivity index (χ0) is 21.5. The predicted molar refractivity (Wildman–Crippen MR) is 114 cm³/mol. The molecule has 1 aromatic carbocycles. The summed E-state index contributed by atoms with van der Waals surface area (Å²) in [6.45, 7) is 3.82. The molecule has 0 aliphatic carbocycles. The molecule has 0 unspecified atom stereocenters. The Bertz CT molecular complexity index is 1000. The summed E-state index contributed by atoms with van der Waals surface area (Å²) in [6, 6.07) is 4.45. The summed E-state index contributed by atoms with van der Waals surface area (Å²) in [5, 5.41) is 12.3. The van der Waals surface area contributed by atoms with E-state index in [2.05, 4.69) is 17.2 Å².